The Kier molecular flexibility index (Phi) is 3.70. The van der Waals surface area contributed by atoms with E-state index in [0.29, 0.717) is 11.6 Å². The molecule has 1 aliphatic carbocycles. The first-order valence-corrected chi connectivity index (χ1v) is 6.61. The maximum absolute atomic E-state index is 10.9. The number of aromatic nitrogens is 3. The molecule has 0 aliphatic heterocycles. The molecule has 0 amide bonds. The van der Waals surface area contributed by atoms with Gasteiger partial charge in [0.2, 0.25) is 0 Å². The van der Waals surface area contributed by atoms with E-state index in [9.17, 15) is 9.90 Å². The lowest BCUT2D eigenvalue weighted by atomic mass is 9.89. The second-order valence-corrected chi connectivity index (χ2v) is 5.76. The largest absolute Gasteiger partial charge is 0.395 e. The van der Waals surface area contributed by atoms with E-state index in [2.05, 4.69) is 15.2 Å². The fourth-order valence-corrected chi connectivity index (χ4v) is 3.39. The molecule has 1 heterocycles. The van der Waals surface area contributed by atoms with Crippen molar-refractivity contribution in [1.82, 2.24) is 15.2 Å². The van der Waals surface area contributed by atoms with Crippen LogP contribution in [0.3, 0.4) is 0 Å². The minimum atomic E-state index is -0.266. The number of hydrogen-bond acceptors (Lipinski definition) is 4. The molecule has 2 rings (SSSR count). The Hall–Kier alpha value is -0.750. The van der Waals surface area contributed by atoms with Gasteiger partial charge in [0.1, 0.15) is 5.82 Å². The zero-order valence-electron chi connectivity index (χ0n) is 9.16. The van der Waals surface area contributed by atoms with E-state index in [1.807, 2.05) is 0 Å². The molecule has 0 atom stereocenters. The van der Waals surface area contributed by atoms with Gasteiger partial charge in [-0.2, -0.15) is 5.10 Å². The highest BCUT2D eigenvalue weighted by Crippen LogP contribution is 2.40. The van der Waals surface area contributed by atoms with Crippen molar-refractivity contribution < 1.29 is 5.11 Å². The highest BCUT2D eigenvalue weighted by molar-refractivity contribution is 7.99. The number of aromatic amines is 2. The van der Waals surface area contributed by atoms with Gasteiger partial charge in [-0.05, 0) is 12.8 Å². The van der Waals surface area contributed by atoms with E-state index in [1.54, 1.807) is 11.8 Å². The second kappa shape index (κ2) is 5.05. The number of rotatable bonds is 4. The summed E-state index contributed by atoms with van der Waals surface area (Å²) in [6.45, 7) is 0.215. The van der Waals surface area contributed by atoms with Crippen molar-refractivity contribution in [2.24, 2.45) is 0 Å². The Bertz CT molecular complexity index is 381. The fourth-order valence-electron chi connectivity index (χ4n) is 2.14. The summed E-state index contributed by atoms with van der Waals surface area (Å²) < 4.78 is -0.0198. The van der Waals surface area contributed by atoms with Crippen molar-refractivity contribution in [1.29, 1.82) is 0 Å². The third-order valence-electron chi connectivity index (χ3n) is 3.12. The van der Waals surface area contributed by atoms with Crippen molar-refractivity contribution in [3.8, 4) is 0 Å². The lowest BCUT2D eigenvalue weighted by Gasteiger charge is -2.34. The van der Waals surface area contributed by atoms with Crippen molar-refractivity contribution >= 4 is 11.8 Å². The molecule has 0 unspecified atom stereocenters. The van der Waals surface area contributed by atoms with Crippen LogP contribution in [0, 0.1) is 0 Å². The number of H-pyrrole nitrogens is 2. The highest BCUT2D eigenvalue weighted by atomic mass is 32.2. The van der Waals surface area contributed by atoms with Crippen LogP contribution in [0.25, 0.3) is 0 Å². The normalized spacial score (nSPS) is 19.8. The number of nitrogens with one attached hydrogen (secondary N) is 2. The number of nitrogens with zero attached hydrogens (tertiary/aromatic N) is 1. The molecule has 0 saturated heterocycles. The lowest BCUT2D eigenvalue weighted by Crippen LogP contribution is -2.32. The Morgan fingerprint density at radius 1 is 1.38 bits per heavy atom. The molecular weight excluding hydrogens is 226 g/mol. The molecule has 1 saturated carbocycles. The molecule has 0 spiro atoms. The molecule has 1 aromatic rings. The number of thioether (sulfide) groups is 1. The van der Waals surface area contributed by atoms with Crippen LogP contribution in [0.2, 0.25) is 0 Å². The maximum atomic E-state index is 10.9. The van der Waals surface area contributed by atoms with Gasteiger partial charge in [0.05, 0.1) is 12.4 Å². The first-order chi connectivity index (χ1) is 7.74. The predicted molar refractivity (Wildman–Crippen MR) is 63.4 cm³/mol. The van der Waals surface area contributed by atoms with Gasteiger partial charge >= 0.3 is 5.69 Å². The topological polar surface area (TPSA) is 81.8 Å². The van der Waals surface area contributed by atoms with Crippen LogP contribution >= 0.6 is 11.8 Å². The van der Waals surface area contributed by atoms with Gasteiger partial charge in [0.15, 0.2) is 0 Å². The minimum absolute atomic E-state index is 0.0198. The molecule has 3 N–H and O–H groups in total. The molecular formula is C10H17N3O2S. The van der Waals surface area contributed by atoms with Gasteiger partial charge in [-0.15, -0.1) is 11.8 Å². The summed E-state index contributed by atoms with van der Waals surface area (Å²) >= 11 is 1.71. The summed E-state index contributed by atoms with van der Waals surface area (Å²) in [6, 6.07) is 0. The Morgan fingerprint density at radius 3 is 2.69 bits per heavy atom. The SMILES string of the molecule is O=c1[nH]nc(CSC2(CO)CCCCC2)[nH]1. The van der Waals surface area contributed by atoms with E-state index in [0.717, 1.165) is 12.8 Å². The smallest absolute Gasteiger partial charge is 0.340 e. The Balaban J connectivity index is 1.94. The molecule has 0 radical (unpaired) electrons. The summed E-state index contributed by atoms with van der Waals surface area (Å²) in [7, 11) is 0. The third-order valence-corrected chi connectivity index (χ3v) is 4.69. The van der Waals surface area contributed by atoms with Gasteiger partial charge in [0, 0.05) is 4.75 Å². The van der Waals surface area contributed by atoms with E-state index in [1.165, 1.54) is 19.3 Å². The van der Waals surface area contributed by atoms with Crippen molar-refractivity contribution in [2.45, 2.75) is 42.6 Å². The van der Waals surface area contributed by atoms with E-state index >= 15 is 0 Å². The molecule has 0 bridgehead atoms. The molecule has 16 heavy (non-hydrogen) atoms. The number of aliphatic hydroxyl groups is 1. The highest BCUT2D eigenvalue weighted by Gasteiger charge is 2.31. The van der Waals surface area contributed by atoms with Gasteiger partial charge in [0.25, 0.3) is 0 Å². The molecule has 1 aliphatic rings. The number of hydrogen-bond donors (Lipinski definition) is 3. The van der Waals surface area contributed by atoms with Crippen LogP contribution < -0.4 is 5.69 Å². The minimum Gasteiger partial charge on any atom is -0.395 e. The van der Waals surface area contributed by atoms with Gasteiger partial charge in [-0.25, -0.2) is 9.89 Å². The van der Waals surface area contributed by atoms with E-state index < -0.39 is 0 Å². The van der Waals surface area contributed by atoms with Crippen LogP contribution in [-0.4, -0.2) is 31.6 Å². The molecule has 0 aromatic carbocycles. The second-order valence-electron chi connectivity index (χ2n) is 4.31. The molecule has 90 valence electrons. The van der Waals surface area contributed by atoms with E-state index in [-0.39, 0.29) is 17.0 Å². The van der Waals surface area contributed by atoms with Crippen LogP contribution in [0.5, 0.6) is 0 Å². The Morgan fingerprint density at radius 2 is 2.12 bits per heavy atom. The first kappa shape index (κ1) is 11.7. The molecule has 6 heteroatoms. The summed E-state index contributed by atoms with van der Waals surface area (Å²) in [5.74, 6) is 1.31. The van der Waals surface area contributed by atoms with Gasteiger partial charge in [-0.3, -0.25) is 4.98 Å². The van der Waals surface area contributed by atoms with Crippen molar-refractivity contribution in [2.75, 3.05) is 6.61 Å². The van der Waals surface area contributed by atoms with Crippen LogP contribution in [0.15, 0.2) is 4.79 Å². The fraction of sp³-hybridized carbons (Fsp3) is 0.800. The van der Waals surface area contributed by atoms with Crippen molar-refractivity contribution in [3.05, 3.63) is 16.3 Å². The standard InChI is InChI=1S/C10H17N3O2S/c14-7-10(4-2-1-3-5-10)16-6-8-11-9(15)13-12-8/h14H,1-7H2,(H2,11,12,13,15). The van der Waals surface area contributed by atoms with Crippen LogP contribution in [0.1, 0.15) is 37.9 Å². The van der Waals surface area contributed by atoms with E-state index in [4.69, 9.17) is 0 Å². The molecule has 1 aromatic heterocycles. The summed E-state index contributed by atoms with van der Waals surface area (Å²) in [6.07, 6.45) is 5.75. The average molecular weight is 243 g/mol. The summed E-state index contributed by atoms with van der Waals surface area (Å²) in [4.78, 5) is 13.5. The lowest BCUT2D eigenvalue weighted by molar-refractivity contribution is 0.214. The maximum Gasteiger partial charge on any atom is 0.340 e. The Labute approximate surface area is 98.0 Å². The zero-order chi connectivity index (χ0) is 11.4. The monoisotopic (exact) mass is 243 g/mol. The van der Waals surface area contributed by atoms with Gasteiger partial charge < -0.3 is 5.11 Å². The van der Waals surface area contributed by atoms with Crippen LogP contribution in [0.4, 0.5) is 0 Å². The quantitative estimate of drug-likeness (QED) is 0.737. The number of aliphatic hydroxyl groups excluding tert-OH is 1. The predicted octanol–water partition coefficient (Wildman–Crippen LogP) is 1.03. The van der Waals surface area contributed by atoms with Gasteiger partial charge in [-0.1, -0.05) is 19.3 Å². The zero-order valence-corrected chi connectivity index (χ0v) is 9.98. The van der Waals surface area contributed by atoms with Crippen LogP contribution in [-0.2, 0) is 5.75 Å². The molecule has 5 nitrogen and oxygen atoms in total. The van der Waals surface area contributed by atoms with Crippen molar-refractivity contribution in [3.63, 3.8) is 0 Å². The average Bonchev–Trinajstić information content (AvgIpc) is 2.74. The summed E-state index contributed by atoms with van der Waals surface area (Å²) in [5, 5.41) is 15.7. The summed E-state index contributed by atoms with van der Waals surface area (Å²) in [5.41, 5.74) is -0.266. The first-order valence-electron chi connectivity index (χ1n) is 5.62. The molecule has 1 fully saturated rings. The third kappa shape index (κ3) is 2.68.